The van der Waals surface area contributed by atoms with Crippen LogP contribution in [0, 0.1) is 0 Å². The van der Waals surface area contributed by atoms with E-state index in [9.17, 15) is 13.2 Å². The first-order valence-corrected chi connectivity index (χ1v) is 8.85. The average Bonchev–Trinajstić information content (AvgIpc) is 2.62. The van der Waals surface area contributed by atoms with Gasteiger partial charge in [0, 0.05) is 44.1 Å². The summed E-state index contributed by atoms with van der Waals surface area (Å²) in [6.45, 7) is 3.74. The van der Waals surface area contributed by atoms with Crippen LogP contribution in [0.2, 0.25) is 0 Å². The molecule has 1 saturated heterocycles. The van der Waals surface area contributed by atoms with Gasteiger partial charge in [-0.1, -0.05) is 12.1 Å². The fourth-order valence-corrected chi connectivity index (χ4v) is 3.45. The van der Waals surface area contributed by atoms with E-state index in [4.69, 9.17) is 10.5 Å². The molecule has 0 radical (unpaired) electrons. The molecule has 1 fully saturated rings. The summed E-state index contributed by atoms with van der Waals surface area (Å²) in [4.78, 5) is 4.28. The van der Waals surface area contributed by atoms with Crippen molar-refractivity contribution in [2.24, 2.45) is 0 Å². The van der Waals surface area contributed by atoms with E-state index >= 15 is 0 Å². The molecule has 2 aromatic carbocycles. The van der Waals surface area contributed by atoms with E-state index in [2.05, 4.69) is 11.0 Å². The predicted octanol–water partition coefficient (Wildman–Crippen LogP) is 1.88. The number of halogens is 3. The van der Waals surface area contributed by atoms with Crippen molar-refractivity contribution in [2.75, 3.05) is 43.9 Å². The number of nitrogens with two attached hydrogens (primary N) is 1. The third kappa shape index (κ3) is 4.50. The number of alkyl halides is 3. The molecule has 2 N–H and O–H groups in total. The topological polar surface area (TPSA) is 41.7 Å². The molecule has 1 aliphatic rings. The molecule has 0 aromatic heterocycles. The quantitative estimate of drug-likeness (QED) is 0.653. The number of benzene rings is 2. The molecule has 0 bridgehead atoms. The minimum Gasteiger partial charge on any atom is -0.497 e. The second-order valence-corrected chi connectivity index (χ2v) is 6.84. The standard InChI is InChI=1S/C19H23BF3N3O/c1-27-18-5-2-13(10-16(18)20)12-25-6-8-26(9-7-25)14-3-4-17(24)15(11-14)19(21,22)23/h2-5,10-11H,6-9,12,20,24H2,1H3. The number of rotatable bonds is 4. The van der Waals surface area contributed by atoms with Gasteiger partial charge in [0.15, 0.2) is 0 Å². The summed E-state index contributed by atoms with van der Waals surface area (Å²) in [5, 5.41) is 0. The third-order valence-corrected chi connectivity index (χ3v) is 4.95. The molecule has 2 aromatic rings. The monoisotopic (exact) mass is 377 g/mol. The summed E-state index contributed by atoms with van der Waals surface area (Å²) in [6, 6.07) is 10.3. The molecule has 8 heteroatoms. The summed E-state index contributed by atoms with van der Waals surface area (Å²) in [5.41, 5.74) is 7.35. The van der Waals surface area contributed by atoms with Crippen molar-refractivity contribution in [1.82, 2.24) is 4.90 Å². The maximum absolute atomic E-state index is 13.1. The number of ether oxygens (including phenoxy) is 1. The number of hydrogen-bond acceptors (Lipinski definition) is 4. The fourth-order valence-electron chi connectivity index (χ4n) is 3.45. The molecule has 0 unspecified atom stereocenters. The average molecular weight is 377 g/mol. The van der Waals surface area contributed by atoms with E-state index in [1.54, 1.807) is 13.2 Å². The summed E-state index contributed by atoms with van der Waals surface area (Å²) < 4.78 is 44.5. The molecule has 3 rings (SSSR count). The lowest BCUT2D eigenvalue weighted by Gasteiger charge is -2.36. The Balaban J connectivity index is 1.63. The van der Waals surface area contributed by atoms with Gasteiger partial charge in [0.2, 0.25) is 0 Å². The van der Waals surface area contributed by atoms with Gasteiger partial charge in [-0.05, 0) is 35.3 Å². The highest BCUT2D eigenvalue weighted by Gasteiger charge is 2.33. The minimum absolute atomic E-state index is 0.236. The first-order chi connectivity index (χ1) is 12.8. The smallest absolute Gasteiger partial charge is 0.418 e. The molecule has 144 valence electrons. The molecule has 0 saturated carbocycles. The molecule has 4 nitrogen and oxygen atoms in total. The van der Waals surface area contributed by atoms with Gasteiger partial charge in [0.1, 0.15) is 13.6 Å². The minimum atomic E-state index is -4.44. The second-order valence-electron chi connectivity index (χ2n) is 6.84. The van der Waals surface area contributed by atoms with Crippen molar-refractivity contribution < 1.29 is 17.9 Å². The zero-order valence-electron chi connectivity index (χ0n) is 15.5. The Bertz CT molecular complexity index is 805. The SMILES string of the molecule is Bc1cc(CN2CCN(c3ccc(N)c(C(F)(F)F)c3)CC2)ccc1OC. The first kappa shape index (κ1) is 19.4. The van der Waals surface area contributed by atoms with E-state index in [0.29, 0.717) is 18.8 Å². The van der Waals surface area contributed by atoms with Crippen LogP contribution in [0.1, 0.15) is 11.1 Å². The van der Waals surface area contributed by atoms with Crippen LogP contribution >= 0.6 is 0 Å². The molecule has 0 atom stereocenters. The van der Waals surface area contributed by atoms with Gasteiger partial charge >= 0.3 is 6.18 Å². The van der Waals surface area contributed by atoms with Gasteiger partial charge in [-0.2, -0.15) is 13.2 Å². The number of hydrogen-bond donors (Lipinski definition) is 1. The Kier molecular flexibility index (Phi) is 5.55. The number of nitrogen functional groups attached to an aromatic ring is 1. The Morgan fingerprint density at radius 3 is 2.37 bits per heavy atom. The van der Waals surface area contributed by atoms with Gasteiger partial charge in [0.25, 0.3) is 0 Å². The van der Waals surface area contributed by atoms with E-state index in [1.165, 1.54) is 11.6 Å². The van der Waals surface area contributed by atoms with E-state index in [-0.39, 0.29) is 5.69 Å². The van der Waals surface area contributed by atoms with Crippen LogP contribution in [0.5, 0.6) is 5.75 Å². The number of anilines is 2. The Hall–Kier alpha value is -2.35. The van der Waals surface area contributed by atoms with E-state index in [1.807, 2.05) is 24.9 Å². The van der Waals surface area contributed by atoms with Crippen molar-refractivity contribution in [1.29, 1.82) is 0 Å². The summed E-state index contributed by atoms with van der Waals surface area (Å²) >= 11 is 0. The number of piperazine rings is 1. The Morgan fingerprint density at radius 2 is 1.78 bits per heavy atom. The summed E-state index contributed by atoms with van der Waals surface area (Å²) in [6.07, 6.45) is -4.44. The largest absolute Gasteiger partial charge is 0.497 e. The highest BCUT2D eigenvalue weighted by atomic mass is 19.4. The zero-order valence-corrected chi connectivity index (χ0v) is 15.5. The van der Waals surface area contributed by atoms with Gasteiger partial charge in [0.05, 0.1) is 12.7 Å². The van der Waals surface area contributed by atoms with Crippen LogP contribution in [0.25, 0.3) is 0 Å². The highest BCUT2D eigenvalue weighted by molar-refractivity contribution is 6.34. The van der Waals surface area contributed by atoms with Crippen LogP contribution in [0.15, 0.2) is 36.4 Å². The Morgan fingerprint density at radius 1 is 1.07 bits per heavy atom. The van der Waals surface area contributed by atoms with E-state index < -0.39 is 11.7 Å². The predicted molar refractivity (Wildman–Crippen MR) is 105 cm³/mol. The van der Waals surface area contributed by atoms with Gasteiger partial charge in [-0.15, -0.1) is 0 Å². The van der Waals surface area contributed by atoms with Crippen molar-refractivity contribution in [3.8, 4) is 5.75 Å². The molecule has 1 aliphatic heterocycles. The molecule has 0 aliphatic carbocycles. The molecule has 0 spiro atoms. The maximum Gasteiger partial charge on any atom is 0.418 e. The number of methoxy groups -OCH3 is 1. The highest BCUT2D eigenvalue weighted by Crippen LogP contribution is 2.36. The van der Waals surface area contributed by atoms with Crippen LogP contribution in [-0.2, 0) is 12.7 Å². The molecular formula is C19H23BF3N3O. The van der Waals surface area contributed by atoms with Crippen LogP contribution < -0.4 is 20.8 Å². The van der Waals surface area contributed by atoms with Crippen molar-refractivity contribution in [3.05, 3.63) is 47.5 Å². The fraction of sp³-hybridized carbons (Fsp3) is 0.368. The van der Waals surface area contributed by atoms with Gasteiger partial charge in [-0.25, -0.2) is 0 Å². The van der Waals surface area contributed by atoms with Crippen LogP contribution in [0.3, 0.4) is 0 Å². The van der Waals surface area contributed by atoms with Gasteiger partial charge in [-0.3, -0.25) is 4.90 Å². The van der Waals surface area contributed by atoms with Gasteiger partial charge < -0.3 is 15.4 Å². The lowest BCUT2D eigenvalue weighted by atomic mass is 9.93. The lowest BCUT2D eigenvalue weighted by molar-refractivity contribution is -0.136. The summed E-state index contributed by atoms with van der Waals surface area (Å²) in [5.74, 6) is 0.868. The summed E-state index contributed by atoms with van der Waals surface area (Å²) in [7, 11) is 3.67. The normalized spacial score (nSPS) is 15.8. The van der Waals surface area contributed by atoms with Crippen LogP contribution in [-0.4, -0.2) is 46.0 Å². The lowest BCUT2D eigenvalue weighted by Crippen LogP contribution is -2.46. The van der Waals surface area contributed by atoms with Crippen LogP contribution in [0.4, 0.5) is 24.5 Å². The van der Waals surface area contributed by atoms with Crippen molar-refractivity contribution in [3.63, 3.8) is 0 Å². The zero-order chi connectivity index (χ0) is 19.6. The third-order valence-electron chi connectivity index (χ3n) is 4.95. The molecule has 0 amide bonds. The number of nitrogens with zero attached hydrogens (tertiary/aromatic N) is 2. The molecule has 27 heavy (non-hydrogen) atoms. The molecule has 1 heterocycles. The maximum atomic E-state index is 13.1. The first-order valence-electron chi connectivity index (χ1n) is 8.85. The van der Waals surface area contributed by atoms with E-state index in [0.717, 1.165) is 36.9 Å². The molecular weight excluding hydrogens is 354 g/mol. The second kappa shape index (κ2) is 7.72. The Labute approximate surface area is 158 Å². The van der Waals surface area contributed by atoms with Crippen molar-refractivity contribution >= 4 is 24.7 Å². The van der Waals surface area contributed by atoms with Crippen molar-refractivity contribution in [2.45, 2.75) is 12.7 Å².